The minimum atomic E-state index is -0.366. The molecule has 4 rings (SSSR count). The summed E-state index contributed by atoms with van der Waals surface area (Å²) >= 11 is 1.56. The summed E-state index contributed by atoms with van der Waals surface area (Å²) in [5.74, 6) is 1.42. The Bertz CT molecular complexity index is 1090. The van der Waals surface area contributed by atoms with Crippen molar-refractivity contribution < 1.29 is 4.92 Å². The molecule has 166 valence electrons. The summed E-state index contributed by atoms with van der Waals surface area (Å²) in [6.45, 7) is 3.74. The van der Waals surface area contributed by atoms with Gasteiger partial charge in [-0.3, -0.25) is 10.1 Å². The summed E-state index contributed by atoms with van der Waals surface area (Å²) in [6.07, 6.45) is 6.37. The lowest BCUT2D eigenvalue weighted by Crippen LogP contribution is -2.25. The third kappa shape index (κ3) is 5.34. The van der Waals surface area contributed by atoms with Gasteiger partial charge in [-0.2, -0.15) is 9.78 Å². The molecule has 0 unspecified atom stereocenters. The number of aromatic nitrogens is 3. The van der Waals surface area contributed by atoms with Gasteiger partial charge in [0.2, 0.25) is 5.16 Å². The van der Waals surface area contributed by atoms with Crippen molar-refractivity contribution >= 4 is 29.4 Å². The van der Waals surface area contributed by atoms with E-state index < -0.39 is 0 Å². The highest BCUT2D eigenvalue weighted by molar-refractivity contribution is 7.98. The number of benzene rings is 2. The van der Waals surface area contributed by atoms with Gasteiger partial charge in [0.15, 0.2) is 5.82 Å². The molecule has 0 saturated carbocycles. The van der Waals surface area contributed by atoms with Crippen LogP contribution in [0.4, 0.5) is 11.4 Å². The fourth-order valence-corrected chi connectivity index (χ4v) is 4.65. The second kappa shape index (κ2) is 10.4. The number of anilines is 1. The highest BCUT2D eigenvalue weighted by Gasteiger charge is 2.17. The minimum Gasteiger partial charge on any atom is -0.371 e. The third-order valence-corrected chi connectivity index (χ3v) is 6.45. The maximum absolute atomic E-state index is 11.4. The Balaban J connectivity index is 1.61. The second-order valence-corrected chi connectivity index (χ2v) is 8.70. The van der Waals surface area contributed by atoms with Gasteiger partial charge in [-0.15, -0.1) is 10.2 Å². The Morgan fingerprint density at radius 3 is 2.56 bits per heavy atom. The SMILES string of the molecule is Cc1nnc(SCc2ccccc2)n1/N=C\c1cc([N+](=O)[O-])ccc1N1CCCCCC1. The Morgan fingerprint density at radius 2 is 1.84 bits per heavy atom. The maximum Gasteiger partial charge on any atom is 0.270 e. The number of hydrogen-bond acceptors (Lipinski definition) is 7. The van der Waals surface area contributed by atoms with Crippen molar-refractivity contribution in [1.29, 1.82) is 0 Å². The van der Waals surface area contributed by atoms with E-state index in [9.17, 15) is 10.1 Å². The van der Waals surface area contributed by atoms with Gasteiger partial charge in [0.25, 0.3) is 5.69 Å². The Labute approximate surface area is 191 Å². The van der Waals surface area contributed by atoms with Crippen LogP contribution in [0.1, 0.15) is 42.6 Å². The van der Waals surface area contributed by atoms with E-state index in [4.69, 9.17) is 0 Å². The normalized spacial score (nSPS) is 14.6. The molecule has 2 heterocycles. The van der Waals surface area contributed by atoms with Crippen LogP contribution in [0.5, 0.6) is 0 Å². The molecular formula is C23H26N6O2S. The molecule has 0 N–H and O–H groups in total. The van der Waals surface area contributed by atoms with Crippen LogP contribution in [0.2, 0.25) is 0 Å². The quantitative estimate of drug-likeness (QED) is 0.217. The lowest BCUT2D eigenvalue weighted by molar-refractivity contribution is -0.384. The van der Waals surface area contributed by atoms with Crippen LogP contribution in [0.3, 0.4) is 0 Å². The van der Waals surface area contributed by atoms with Crippen LogP contribution < -0.4 is 4.90 Å². The average molecular weight is 451 g/mol. The molecule has 8 nitrogen and oxygen atoms in total. The van der Waals surface area contributed by atoms with Gasteiger partial charge in [0.05, 0.1) is 11.1 Å². The Hall–Kier alpha value is -3.20. The standard InChI is InChI=1S/C23H26N6O2S/c1-18-25-26-23(32-17-19-9-5-4-6-10-19)28(18)24-16-20-15-21(29(30)31)11-12-22(20)27-13-7-2-3-8-14-27/h4-6,9-12,15-16H,2-3,7-8,13-14,17H2,1H3/b24-16-. The zero-order valence-electron chi connectivity index (χ0n) is 18.1. The summed E-state index contributed by atoms with van der Waals surface area (Å²) in [6, 6.07) is 15.2. The summed E-state index contributed by atoms with van der Waals surface area (Å²) in [5.41, 5.74) is 2.96. The molecule has 0 amide bonds. The summed E-state index contributed by atoms with van der Waals surface area (Å²) < 4.78 is 1.69. The summed E-state index contributed by atoms with van der Waals surface area (Å²) in [5, 5.41) is 25.1. The first-order chi connectivity index (χ1) is 15.6. The van der Waals surface area contributed by atoms with Crippen molar-refractivity contribution in [2.24, 2.45) is 5.10 Å². The Kier molecular flexibility index (Phi) is 7.16. The molecule has 1 aliphatic heterocycles. The predicted octanol–water partition coefficient (Wildman–Crippen LogP) is 5.05. The monoisotopic (exact) mass is 450 g/mol. The molecule has 9 heteroatoms. The molecule has 0 bridgehead atoms. The number of rotatable bonds is 7. The van der Waals surface area contributed by atoms with Crippen LogP contribution >= 0.6 is 11.8 Å². The van der Waals surface area contributed by atoms with Crippen molar-refractivity contribution in [3.05, 3.63) is 75.6 Å². The predicted molar refractivity (Wildman–Crippen MR) is 128 cm³/mol. The summed E-state index contributed by atoms with van der Waals surface area (Å²) in [4.78, 5) is 13.3. The first-order valence-corrected chi connectivity index (χ1v) is 11.8. The van der Waals surface area contributed by atoms with Crippen LogP contribution in [0, 0.1) is 17.0 Å². The fourth-order valence-electron chi connectivity index (χ4n) is 3.76. The number of thioether (sulfide) groups is 1. The van der Waals surface area contributed by atoms with E-state index >= 15 is 0 Å². The lowest BCUT2D eigenvalue weighted by Gasteiger charge is -2.24. The van der Waals surface area contributed by atoms with Crippen LogP contribution in [-0.4, -0.2) is 39.1 Å². The van der Waals surface area contributed by atoms with Gasteiger partial charge in [-0.05, 0) is 31.4 Å². The van der Waals surface area contributed by atoms with E-state index in [0.29, 0.717) is 11.0 Å². The number of nitro benzene ring substituents is 1. The molecule has 0 spiro atoms. The average Bonchev–Trinajstić information content (AvgIpc) is 2.99. The number of nitro groups is 1. The van der Waals surface area contributed by atoms with Crippen LogP contribution in [-0.2, 0) is 5.75 Å². The van der Waals surface area contributed by atoms with Crippen molar-refractivity contribution in [3.8, 4) is 0 Å². The molecule has 1 saturated heterocycles. The largest absolute Gasteiger partial charge is 0.371 e. The maximum atomic E-state index is 11.4. The molecule has 0 radical (unpaired) electrons. The topological polar surface area (TPSA) is 89.4 Å². The third-order valence-electron chi connectivity index (χ3n) is 5.46. The molecule has 3 aromatic rings. The first-order valence-electron chi connectivity index (χ1n) is 10.8. The van der Waals surface area contributed by atoms with Crippen molar-refractivity contribution in [2.45, 2.75) is 43.5 Å². The van der Waals surface area contributed by atoms with Crippen molar-refractivity contribution in [2.75, 3.05) is 18.0 Å². The number of nitrogens with zero attached hydrogens (tertiary/aromatic N) is 6. The zero-order valence-corrected chi connectivity index (χ0v) is 18.9. The van der Waals surface area contributed by atoms with Crippen molar-refractivity contribution in [3.63, 3.8) is 0 Å². The molecule has 0 aliphatic carbocycles. The van der Waals surface area contributed by atoms with E-state index in [-0.39, 0.29) is 10.6 Å². The van der Waals surface area contributed by atoms with Gasteiger partial charge in [0.1, 0.15) is 0 Å². The van der Waals surface area contributed by atoms with Crippen LogP contribution in [0.15, 0.2) is 58.8 Å². The smallest absolute Gasteiger partial charge is 0.270 e. The second-order valence-electron chi connectivity index (χ2n) is 7.76. The lowest BCUT2D eigenvalue weighted by atomic mass is 10.1. The van der Waals surface area contributed by atoms with E-state index in [1.54, 1.807) is 34.8 Å². The van der Waals surface area contributed by atoms with Gasteiger partial charge >= 0.3 is 0 Å². The molecule has 1 aromatic heterocycles. The Morgan fingerprint density at radius 1 is 1.09 bits per heavy atom. The van der Waals surface area contributed by atoms with Gasteiger partial charge < -0.3 is 4.90 Å². The number of hydrogen-bond donors (Lipinski definition) is 0. The van der Waals surface area contributed by atoms with E-state index in [1.807, 2.05) is 31.2 Å². The highest BCUT2D eigenvalue weighted by atomic mass is 32.2. The molecule has 2 aromatic carbocycles. The van der Waals surface area contributed by atoms with Gasteiger partial charge in [-0.25, -0.2) is 0 Å². The number of non-ortho nitro benzene ring substituents is 1. The molecule has 1 aliphatic rings. The number of aryl methyl sites for hydroxylation is 1. The highest BCUT2D eigenvalue weighted by Crippen LogP contribution is 2.27. The van der Waals surface area contributed by atoms with E-state index in [1.165, 1.54) is 18.4 Å². The molecule has 32 heavy (non-hydrogen) atoms. The minimum absolute atomic E-state index is 0.0594. The molecule has 1 fully saturated rings. The zero-order chi connectivity index (χ0) is 22.3. The van der Waals surface area contributed by atoms with E-state index in [0.717, 1.165) is 42.9 Å². The van der Waals surface area contributed by atoms with Crippen LogP contribution in [0.25, 0.3) is 0 Å². The van der Waals surface area contributed by atoms with E-state index in [2.05, 4.69) is 32.3 Å². The first kappa shape index (κ1) is 22.0. The van der Waals surface area contributed by atoms with Gasteiger partial charge in [-0.1, -0.05) is 54.9 Å². The fraction of sp³-hybridized carbons (Fsp3) is 0.348. The molecular weight excluding hydrogens is 424 g/mol. The van der Waals surface area contributed by atoms with Crippen molar-refractivity contribution in [1.82, 2.24) is 14.9 Å². The van der Waals surface area contributed by atoms with Gasteiger partial charge in [0, 0.05) is 42.2 Å². The molecule has 0 atom stereocenters. The summed E-state index contributed by atoms with van der Waals surface area (Å²) in [7, 11) is 0.